The van der Waals surface area contributed by atoms with Crippen LogP contribution >= 0.6 is 0 Å². The zero-order valence-corrected chi connectivity index (χ0v) is 25.0. The number of hydrogen-bond donors (Lipinski definition) is 0. The van der Waals surface area contributed by atoms with E-state index in [0.29, 0.717) is 59.7 Å². The third kappa shape index (κ3) is 6.78. The molecule has 0 saturated heterocycles. The van der Waals surface area contributed by atoms with E-state index >= 15 is 0 Å². The van der Waals surface area contributed by atoms with Crippen molar-refractivity contribution in [2.45, 2.75) is 19.8 Å². The lowest BCUT2D eigenvalue weighted by molar-refractivity contribution is 0.256. The standard InChI is InChI=1S/C38H32O7/c1-40-37-35(44-25-28-16-10-5-11-17-28)22-34-36(38(37)41-2)30(39)21-32(45-34)29-18-19-31(42-23-26-12-6-3-7-13-26)33(20-29)43-24-27-14-8-4-9-15-27/h3-22H,23-25H2,1-2H3. The molecule has 0 saturated carbocycles. The van der Waals surface area contributed by atoms with E-state index in [0.717, 1.165) is 16.7 Å². The molecular weight excluding hydrogens is 568 g/mol. The van der Waals surface area contributed by atoms with Crippen molar-refractivity contribution in [2.75, 3.05) is 14.2 Å². The van der Waals surface area contributed by atoms with Gasteiger partial charge in [0, 0.05) is 17.7 Å². The molecule has 1 heterocycles. The zero-order valence-electron chi connectivity index (χ0n) is 25.0. The van der Waals surface area contributed by atoms with E-state index in [2.05, 4.69) is 0 Å². The van der Waals surface area contributed by atoms with Gasteiger partial charge in [-0.3, -0.25) is 4.79 Å². The van der Waals surface area contributed by atoms with Crippen molar-refractivity contribution >= 4 is 11.0 Å². The highest BCUT2D eigenvalue weighted by Gasteiger charge is 2.22. The largest absolute Gasteiger partial charge is 0.492 e. The van der Waals surface area contributed by atoms with Gasteiger partial charge < -0.3 is 28.1 Å². The first-order valence-corrected chi connectivity index (χ1v) is 14.5. The van der Waals surface area contributed by atoms with Crippen molar-refractivity contribution in [3.63, 3.8) is 0 Å². The molecule has 0 radical (unpaired) electrons. The fourth-order valence-corrected chi connectivity index (χ4v) is 4.98. The van der Waals surface area contributed by atoms with Gasteiger partial charge in [0.2, 0.25) is 5.75 Å². The van der Waals surface area contributed by atoms with Crippen molar-refractivity contribution in [2.24, 2.45) is 0 Å². The maximum Gasteiger partial charge on any atom is 0.204 e. The second-order valence-electron chi connectivity index (χ2n) is 10.3. The molecule has 6 rings (SSSR count). The molecule has 1 aromatic heterocycles. The summed E-state index contributed by atoms with van der Waals surface area (Å²) < 4.78 is 36.1. The lowest BCUT2D eigenvalue weighted by atomic mass is 10.1. The molecule has 226 valence electrons. The Morgan fingerprint density at radius 1 is 0.533 bits per heavy atom. The number of rotatable bonds is 12. The Hall–Kier alpha value is -5.69. The number of hydrogen-bond acceptors (Lipinski definition) is 7. The molecule has 0 bridgehead atoms. The monoisotopic (exact) mass is 600 g/mol. The van der Waals surface area contributed by atoms with Gasteiger partial charge in [-0.15, -0.1) is 0 Å². The van der Waals surface area contributed by atoms with E-state index in [1.807, 2.05) is 109 Å². The van der Waals surface area contributed by atoms with E-state index in [4.69, 9.17) is 28.1 Å². The molecule has 0 atom stereocenters. The molecule has 7 heteroatoms. The summed E-state index contributed by atoms with van der Waals surface area (Å²) in [6.45, 7) is 1.01. The lowest BCUT2D eigenvalue weighted by Crippen LogP contribution is -2.06. The maximum absolute atomic E-state index is 13.5. The smallest absolute Gasteiger partial charge is 0.204 e. The van der Waals surface area contributed by atoms with Crippen molar-refractivity contribution in [1.82, 2.24) is 0 Å². The molecule has 6 aromatic rings. The minimum absolute atomic E-state index is 0.245. The highest BCUT2D eigenvalue weighted by molar-refractivity contribution is 5.90. The number of benzene rings is 5. The van der Waals surface area contributed by atoms with E-state index in [9.17, 15) is 4.79 Å². The zero-order chi connectivity index (χ0) is 31.0. The number of ether oxygens (including phenoxy) is 5. The van der Waals surface area contributed by atoms with Gasteiger partial charge in [0.1, 0.15) is 36.6 Å². The molecule has 0 spiro atoms. The SMILES string of the molecule is COc1c(OCc2ccccc2)cc2oc(-c3ccc(OCc4ccccc4)c(OCc4ccccc4)c3)cc(=O)c2c1OC. The molecule has 0 aliphatic heterocycles. The molecule has 0 unspecified atom stereocenters. The average molecular weight is 601 g/mol. The fourth-order valence-electron chi connectivity index (χ4n) is 4.98. The molecule has 45 heavy (non-hydrogen) atoms. The van der Waals surface area contributed by atoms with Gasteiger partial charge in [0.15, 0.2) is 28.4 Å². The third-order valence-corrected chi connectivity index (χ3v) is 7.24. The Bertz CT molecular complexity index is 1940. The van der Waals surface area contributed by atoms with Crippen molar-refractivity contribution in [3.8, 4) is 40.1 Å². The molecule has 7 nitrogen and oxygen atoms in total. The van der Waals surface area contributed by atoms with Crippen LogP contribution in [-0.4, -0.2) is 14.2 Å². The third-order valence-electron chi connectivity index (χ3n) is 7.24. The van der Waals surface area contributed by atoms with Gasteiger partial charge in [0.05, 0.1) is 14.2 Å². The summed E-state index contributed by atoms with van der Waals surface area (Å²) in [5, 5.41) is 0.258. The van der Waals surface area contributed by atoms with E-state index in [-0.39, 0.29) is 16.6 Å². The minimum atomic E-state index is -0.285. The van der Waals surface area contributed by atoms with Crippen LogP contribution in [0.15, 0.2) is 131 Å². The quantitative estimate of drug-likeness (QED) is 0.140. The van der Waals surface area contributed by atoms with Crippen LogP contribution in [0, 0.1) is 0 Å². The normalized spacial score (nSPS) is 10.8. The average Bonchev–Trinajstić information content (AvgIpc) is 3.09. The van der Waals surface area contributed by atoms with Crippen LogP contribution in [0.25, 0.3) is 22.3 Å². The summed E-state index contributed by atoms with van der Waals surface area (Å²) in [6.07, 6.45) is 0. The summed E-state index contributed by atoms with van der Waals surface area (Å²) in [6, 6.07) is 38.1. The van der Waals surface area contributed by atoms with Crippen LogP contribution in [0.3, 0.4) is 0 Å². The summed E-state index contributed by atoms with van der Waals surface area (Å²) in [4.78, 5) is 13.5. The van der Waals surface area contributed by atoms with Crippen LogP contribution < -0.4 is 29.1 Å². The Morgan fingerprint density at radius 2 is 1.04 bits per heavy atom. The summed E-state index contributed by atoms with van der Waals surface area (Å²) in [7, 11) is 2.99. The topological polar surface area (TPSA) is 76.4 Å². The predicted molar refractivity (Wildman–Crippen MR) is 173 cm³/mol. The number of fused-ring (bicyclic) bond motifs is 1. The first-order valence-electron chi connectivity index (χ1n) is 14.5. The molecule has 0 N–H and O–H groups in total. The Balaban J connectivity index is 1.37. The molecule has 0 aliphatic rings. The molecule has 0 aliphatic carbocycles. The number of methoxy groups -OCH3 is 2. The molecule has 0 amide bonds. The van der Waals surface area contributed by atoms with Crippen LogP contribution in [-0.2, 0) is 19.8 Å². The highest BCUT2D eigenvalue weighted by Crippen LogP contribution is 2.43. The highest BCUT2D eigenvalue weighted by atomic mass is 16.5. The van der Waals surface area contributed by atoms with Gasteiger partial charge in [-0.2, -0.15) is 0 Å². The molecular formula is C38H32O7. The van der Waals surface area contributed by atoms with Crippen molar-refractivity contribution in [1.29, 1.82) is 0 Å². The Kier molecular flexibility index (Phi) is 8.97. The van der Waals surface area contributed by atoms with E-state index in [1.165, 1.54) is 20.3 Å². The summed E-state index contributed by atoms with van der Waals surface area (Å²) >= 11 is 0. The van der Waals surface area contributed by atoms with Crippen molar-refractivity contribution in [3.05, 3.63) is 148 Å². The maximum atomic E-state index is 13.5. The van der Waals surface area contributed by atoms with E-state index in [1.54, 1.807) is 6.07 Å². The van der Waals surface area contributed by atoms with Gasteiger partial charge in [-0.25, -0.2) is 0 Å². The molecule has 5 aromatic carbocycles. The van der Waals surface area contributed by atoms with Gasteiger partial charge in [0.25, 0.3) is 0 Å². The van der Waals surface area contributed by atoms with Gasteiger partial charge >= 0.3 is 0 Å². The molecule has 0 fully saturated rings. The first kappa shape index (κ1) is 29.4. The summed E-state index contributed by atoms with van der Waals surface area (Å²) in [5.74, 6) is 2.40. The first-order chi connectivity index (χ1) is 22.1. The minimum Gasteiger partial charge on any atom is -0.492 e. The van der Waals surface area contributed by atoms with Crippen molar-refractivity contribution < 1.29 is 28.1 Å². The second-order valence-corrected chi connectivity index (χ2v) is 10.3. The summed E-state index contributed by atoms with van der Waals surface area (Å²) in [5.41, 5.74) is 3.68. The van der Waals surface area contributed by atoms with Gasteiger partial charge in [-0.05, 0) is 34.9 Å². The van der Waals surface area contributed by atoms with Gasteiger partial charge in [-0.1, -0.05) is 91.0 Å². The van der Waals surface area contributed by atoms with Crippen LogP contribution in [0.4, 0.5) is 0 Å². The second kappa shape index (κ2) is 13.7. The van der Waals surface area contributed by atoms with Crippen LogP contribution in [0.5, 0.6) is 28.7 Å². The van der Waals surface area contributed by atoms with E-state index < -0.39 is 0 Å². The van der Waals surface area contributed by atoms with Crippen LogP contribution in [0.1, 0.15) is 16.7 Å². The lowest BCUT2D eigenvalue weighted by Gasteiger charge is -2.17. The fraction of sp³-hybridized carbons (Fsp3) is 0.132. The predicted octanol–water partition coefficient (Wildman–Crippen LogP) is 8.21. The Labute approximate surface area is 261 Å². The Morgan fingerprint density at radius 3 is 1.58 bits per heavy atom. The van der Waals surface area contributed by atoms with Crippen LogP contribution in [0.2, 0.25) is 0 Å².